The molecule has 0 saturated carbocycles. The molecule has 0 aliphatic rings. The number of nitrogens with one attached hydrogen (secondary N) is 2. The van der Waals surface area contributed by atoms with Crippen LogP contribution in [0.25, 0.3) is 0 Å². The van der Waals surface area contributed by atoms with Crippen LogP contribution in [0, 0.1) is 18.3 Å². The summed E-state index contributed by atoms with van der Waals surface area (Å²) in [4.78, 5) is 12.2. The summed E-state index contributed by atoms with van der Waals surface area (Å²) in [7, 11) is 0. The number of hydrogen-bond donors (Lipinski definition) is 3. The van der Waals surface area contributed by atoms with Crippen LogP contribution in [0.3, 0.4) is 0 Å². The van der Waals surface area contributed by atoms with Crippen molar-refractivity contribution in [3.63, 3.8) is 0 Å². The maximum atomic E-state index is 12.2. The van der Waals surface area contributed by atoms with E-state index in [4.69, 9.17) is 28.5 Å². The first kappa shape index (κ1) is 17.7. The fourth-order valence-corrected chi connectivity index (χ4v) is 2.20. The molecule has 0 heterocycles. The van der Waals surface area contributed by atoms with Crippen LogP contribution in [0.1, 0.15) is 5.56 Å². The van der Waals surface area contributed by atoms with Gasteiger partial charge in [-0.2, -0.15) is 5.26 Å². The monoisotopic (exact) mass is 361 g/mol. The smallest absolute Gasteiger partial charge is 0.267 e. The van der Waals surface area contributed by atoms with Gasteiger partial charge >= 0.3 is 0 Å². The van der Waals surface area contributed by atoms with E-state index >= 15 is 0 Å². The molecular weight excluding hydrogens is 349 g/mol. The number of hydrogen-bond acceptors (Lipinski definition) is 4. The number of amides is 1. The second-order valence-corrected chi connectivity index (χ2v) is 5.68. The molecule has 0 aromatic heterocycles. The molecule has 24 heavy (non-hydrogen) atoms. The van der Waals surface area contributed by atoms with Crippen LogP contribution < -0.4 is 10.6 Å². The lowest BCUT2D eigenvalue weighted by Gasteiger charge is -2.08. The molecule has 2 rings (SSSR count). The molecule has 0 aliphatic heterocycles. The predicted octanol–water partition coefficient (Wildman–Crippen LogP) is 4.47. The highest BCUT2D eigenvalue weighted by Gasteiger charge is 2.13. The minimum Gasteiger partial charge on any atom is -0.506 e. The number of phenols is 1. The van der Waals surface area contributed by atoms with Gasteiger partial charge in [0, 0.05) is 6.20 Å². The number of aromatic hydroxyl groups is 1. The highest BCUT2D eigenvalue weighted by molar-refractivity contribution is 6.44. The number of nitrogens with zero attached hydrogens (tertiary/aromatic N) is 1. The van der Waals surface area contributed by atoms with Crippen molar-refractivity contribution >= 4 is 40.5 Å². The maximum Gasteiger partial charge on any atom is 0.267 e. The summed E-state index contributed by atoms with van der Waals surface area (Å²) in [5, 5.41) is 24.7. The summed E-state index contributed by atoms with van der Waals surface area (Å²) in [6.07, 6.45) is 1.21. The molecule has 0 saturated heterocycles. The van der Waals surface area contributed by atoms with Crippen molar-refractivity contribution in [3.8, 4) is 11.8 Å². The molecule has 0 radical (unpaired) electrons. The first-order valence-corrected chi connectivity index (χ1v) is 7.59. The third-order valence-corrected chi connectivity index (χ3v) is 3.91. The number of nitriles is 1. The Labute approximate surface area is 149 Å². The van der Waals surface area contributed by atoms with Gasteiger partial charge in [-0.25, -0.2) is 0 Å². The van der Waals surface area contributed by atoms with Gasteiger partial charge in [-0.15, -0.1) is 0 Å². The summed E-state index contributed by atoms with van der Waals surface area (Å²) >= 11 is 11.9. The highest BCUT2D eigenvalue weighted by atomic mass is 35.5. The molecule has 1 amide bonds. The molecule has 2 aromatic carbocycles. The summed E-state index contributed by atoms with van der Waals surface area (Å²) < 4.78 is 0. The number of anilines is 2. The van der Waals surface area contributed by atoms with Crippen LogP contribution in [0.4, 0.5) is 11.4 Å². The number of carbonyl (C=O) groups is 1. The fourth-order valence-electron chi connectivity index (χ4n) is 1.85. The standard InChI is InChI=1S/C17H13Cl2N3O2/c1-10-5-6-13(15(23)7-10)21-9-11(8-20)17(24)22-14-4-2-3-12(18)16(14)19/h2-7,9,21,23H,1H3,(H,22,24)/b11-9-. The molecule has 3 N–H and O–H groups in total. The zero-order valence-electron chi connectivity index (χ0n) is 12.6. The fraction of sp³-hybridized carbons (Fsp3) is 0.0588. The first-order chi connectivity index (χ1) is 11.4. The Morgan fingerprint density at radius 1 is 1.25 bits per heavy atom. The molecule has 0 unspecified atom stereocenters. The van der Waals surface area contributed by atoms with Crippen molar-refractivity contribution in [2.45, 2.75) is 6.92 Å². The lowest BCUT2D eigenvalue weighted by molar-refractivity contribution is -0.112. The predicted molar refractivity (Wildman–Crippen MR) is 95.3 cm³/mol. The van der Waals surface area contributed by atoms with Gasteiger partial charge in [-0.3, -0.25) is 4.79 Å². The number of rotatable bonds is 4. The van der Waals surface area contributed by atoms with Crippen molar-refractivity contribution < 1.29 is 9.90 Å². The number of carbonyl (C=O) groups excluding carboxylic acids is 1. The van der Waals surface area contributed by atoms with Crippen molar-refractivity contribution in [2.24, 2.45) is 0 Å². The molecule has 0 aliphatic carbocycles. The number of benzene rings is 2. The van der Waals surface area contributed by atoms with Gasteiger partial charge in [-0.05, 0) is 36.8 Å². The largest absolute Gasteiger partial charge is 0.506 e. The normalized spacial score (nSPS) is 10.8. The lowest BCUT2D eigenvalue weighted by atomic mass is 10.2. The zero-order chi connectivity index (χ0) is 17.7. The second kappa shape index (κ2) is 7.73. The van der Waals surface area contributed by atoms with E-state index in [1.165, 1.54) is 6.20 Å². The number of phenolic OH excluding ortho intramolecular Hbond substituents is 1. The molecule has 5 nitrogen and oxygen atoms in total. The van der Waals surface area contributed by atoms with E-state index in [2.05, 4.69) is 10.6 Å². The van der Waals surface area contributed by atoms with Crippen LogP contribution in [0.15, 0.2) is 48.2 Å². The molecule has 7 heteroatoms. The SMILES string of the molecule is Cc1ccc(N/C=C(/C#N)C(=O)Nc2cccc(Cl)c2Cl)c(O)c1. The van der Waals surface area contributed by atoms with Gasteiger partial charge in [0.25, 0.3) is 5.91 Å². The van der Waals surface area contributed by atoms with E-state index in [0.29, 0.717) is 16.4 Å². The van der Waals surface area contributed by atoms with Crippen molar-refractivity contribution in [1.82, 2.24) is 0 Å². The molecule has 0 spiro atoms. The third-order valence-electron chi connectivity index (χ3n) is 3.09. The van der Waals surface area contributed by atoms with Crippen LogP contribution in [-0.4, -0.2) is 11.0 Å². The summed E-state index contributed by atoms with van der Waals surface area (Å²) in [6, 6.07) is 11.6. The van der Waals surface area contributed by atoms with Gasteiger partial charge in [0.1, 0.15) is 17.4 Å². The Kier molecular flexibility index (Phi) is 5.69. The average Bonchev–Trinajstić information content (AvgIpc) is 2.54. The second-order valence-electron chi connectivity index (χ2n) is 4.89. The van der Waals surface area contributed by atoms with E-state index in [9.17, 15) is 9.90 Å². The van der Waals surface area contributed by atoms with Crippen molar-refractivity contribution in [3.05, 3.63) is 63.8 Å². The Hall–Kier alpha value is -2.68. The number of aryl methyl sites for hydroxylation is 1. The molecular formula is C17H13Cl2N3O2. The van der Waals surface area contributed by atoms with E-state index in [0.717, 1.165) is 5.56 Å². The lowest BCUT2D eigenvalue weighted by Crippen LogP contribution is -2.15. The van der Waals surface area contributed by atoms with E-state index < -0.39 is 5.91 Å². The third kappa shape index (κ3) is 4.19. The quantitative estimate of drug-likeness (QED) is 0.426. The van der Waals surface area contributed by atoms with Crippen LogP contribution in [0.2, 0.25) is 10.0 Å². The number of halogens is 2. The maximum absolute atomic E-state index is 12.2. The minimum atomic E-state index is -0.652. The van der Waals surface area contributed by atoms with Crippen LogP contribution in [0.5, 0.6) is 5.75 Å². The average molecular weight is 362 g/mol. The summed E-state index contributed by atoms with van der Waals surface area (Å²) in [6.45, 7) is 1.84. The van der Waals surface area contributed by atoms with Crippen LogP contribution in [-0.2, 0) is 4.79 Å². The van der Waals surface area contributed by atoms with E-state index in [-0.39, 0.29) is 16.3 Å². The summed E-state index contributed by atoms with van der Waals surface area (Å²) in [5.74, 6) is -0.636. The highest BCUT2D eigenvalue weighted by Crippen LogP contribution is 2.30. The molecule has 122 valence electrons. The first-order valence-electron chi connectivity index (χ1n) is 6.84. The van der Waals surface area contributed by atoms with Gasteiger partial charge in [0.05, 0.1) is 21.4 Å². The van der Waals surface area contributed by atoms with Gasteiger partial charge < -0.3 is 15.7 Å². The topological polar surface area (TPSA) is 85.2 Å². The Balaban J connectivity index is 2.17. The van der Waals surface area contributed by atoms with Gasteiger partial charge in [0.2, 0.25) is 0 Å². The Morgan fingerprint density at radius 2 is 2.00 bits per heavy atom. The Morgan fingerprint density at radius 3 is 2.67 bits per heavy atom. The Bertz CT molecular complexity index is 857. The van der Waals surface area contributed by atoms with E-state index in [1.807, 2.05) is 6.92 Å². The molecule has 2 aromatic rings. The zero-order valence-corrected chi connectivity index (χ0v) is 14.1. The van der Waals surface area contributed by atoms with Crippen LogP contribution >= 0.6 is 23.2 Å². The minimum absolute atomic E-state index is 0.0156. The molecule has 0 fully saturated rings. The molecule has 0 bridgehead atoms. The van der Waals surface area contributed by atoms with Gasteiger partial charge in [-0.1, -0.05) is 35.3 Å². The van der Waals surface area contributed by atoms with Gasteiger partial charge in [0.15, 0.2) is 0 Å². The van der Waals surface area contributed by atoms with Crippen molar-refractivity contribution in [2.75, 3.05) is 10.6 Å². The van der Waals surface area contributed by atoms with Crippen molar-refractivity contribution in [1.29, 1.82) is 5.26 Å². The summed E-state index contributed by atoms with van der Waals surface area (Å²) in [5.41, 5.74) is 1.37. The molecule has 0 atom stereocenters. The van der Waals surface area contributed by atoms with E-state index in [1.54, 1.807) is 42.5 Å².